The summed E-state index contributed by atoms with van der Waals surface area (Å²) in [5, 5.41) is 5.06. The number of pyridine rings is 2. The van der Waals surface area contributed by atoms with Gasteiger partial charge in [0.05, 0.1) is 0 Å². The van der Waals surface area contributed by atoms with Gasteiger partial charge >= 0.3 is 0 Å². The molecule has 0 unspecified atom stereocenters. The lowest BCUT2D eigenvalue weighted by Gasteiger charge is -2.21. The minimum atomic E-state index is 1.18. The smallest absolute Gasteiger partial charge is 0.0273 e. The third kappa shape index (κ3) is 3.88. The molecule has 0 radical (unpaired) electrons. The molecular formula is C38H28N2. The molecule has 0 aliphatic rings. The van der Waals surface area contributed by atoms with Crippen molar-refractivity contribution in [3.05, 3.63) is 145 Å². The van der Waals surface area contributed by atoms with Crippen LogP contribution in [0.4, 0.5) is 0 Å². The van der Waals surface area contributed by atoms with Gasteiger partial charge in [0, 0.05) is 24.8 Å². The van der Waals surface area contributed by atoms with Gasteiger partial charge in [-0.05, 0) is 115 Å². The second kappa shape index (κ2) is 9.91. The number of benzene rings is 5. The van der Waals surface area contributed by atoms with Crippen molar-refractivity contribution in [2.75, 3.05) is 0 Å². The van der Waals surface area contributed by atoms with E-state index in [2.05, 4.69) is 133 Å². The van der Waals surface area contributed by atoms with Crippen LogP contribution in [0.15, 0.2) is 134 Å². The lowest BCUT2D eigenvalue weighted by Crippen LogP contribution is -1.95. The highest BCUT2D eigenvalue weighted by Crippen LogP contribution is 2.46. The molecule has 0 aliphatic heterocycles. The molecule has 0 aliphatic carbocycles. The van der Waals surface area contributed by atoms with E-state index < -0.39 is 0 Å². The van der Waals surface area contributed by atoms with E-state index >= 15 is 0 Å². The first-order valence-electron chi connectivity index (χ1n) is 13.7. The molecule has 0 amide bonds. The van der Waals surface area contributed by atoms with Crippen LogP contribution in [-0.2, 0) is 0 Å². The second-order valence-electron chi connectivity index (χ2n) is 10.3. The monoisotopic (exact) mass is 512 g/mol. The molecule has 5 aromatic carbocycles. The van der Waals surface area contributed by atoms with E-state index in [0.717, 1.165) is 0 Å². The molecule has 2 nitrogen and oxygen atoms in total. The van der Waals surface area contributed by atoms with Gasteiger partial charge in [0.1, 0.15) is 0 Å². The predicted molar refractivity (Wildman–Crippen MR) is 168 cm³/mol. The third-order valence-electron chi connectivity index (χ3n) is 8.12. The van der Waals surface area contributed by atoms with Gasteiger partial charge < -0.3 is 0 Å². The Morgan fingerprint density at radius 1 is 0.350 bits per heavy atom. The Morgan fingerprint density at radius 2 is 0.675 bits per heavy atom. The zero-order chi connectivity index (χ0) is 27.1. The number of aromatic nitrogens is 2. The summed E-state index contributed by atoms with van der Waals surface area (Å²) in [6.45, 7) is 4.48. The van der Waals surface area contributed by atoms with Crippen LogP contribution in [-0.4, -0.2) is 9.97 Å². The van der Waals surface area contributed by atoms with E-state index in [9.17, 15) is 0 Å². The van der Waals surface area contributed by atoms with Crippen LogP contribution >= 0.6 is 0 Å². The number of hydrogen-bond donors (Lipinski definition) is 0. The summed E-state index contributed by atoms with van der Waals surface area (Å²) in [6, 6.07) is 39.4. The quantitative estimate of drug-likeness (QED) is 0.219. The summed E-state index contributed by atoms with van der Waals surface area (Å²) in [7, 11) is 0. The van der Waals surface area contributed by atoms with Crippen LogP contribution in [0.3, 0.4) is 0 Å². The standard InChI is InChI=1S/C38H28N2/c1-25-29(27-17-21-39-22-18-27)13-7-15-31(25)37-33-9-3-5-11-35(33)38(36-12-6-4-10-34(36)37)32-16-8-14-30(26(32)2)28-19-23-40-24-20-28/h3-24H,1-2H3. The second-order valence-corrected chi connectivity index (χ2v) is 10.3. The Hall–Kier alpha value is -5.08. The summed E-state index contributed by atoms with van der Waals surface area (Å²) in [5.41, 5.74) is 12.5. The highest BCUT2D eigenvalue weighted by atomic mass is 14.6. The molecule has 2 aromatic heterocycles. The molecule has 40 heavy (non-hydrogen) atoms. The first kappa shape index (κ1) is 24.0. The van der Waals surface area contributed by atoms with Gasteiger partial charge in [-0.15, -0.1) is 0 Å². The third-order valence-corrected chi connectivity index (χ3v) is 8.12. The summed E-state index contributed by atoms with van der Waals surface area (Å²) in [5.74, 6) is 0. The van der Waals surface area contributed by atoms with Crippen molar-refractivity contribution in [2.24, 2.45) is 0 Å². The zero-order valence-corrected chi connectivity index (χ0v) is 22.6. The fraction of sp³-hybridized carbons (Fsp3) is 0.0526. The van der Waals surface area contributed by atoms with E-state index in [0.29, 0.717) is 0 Å². The molecular weight excluding hydrogens is 484 g/mol. The highest BCUT2D eigenvalue weighted by molar-refractivity contribution is 6.22. The van der Waals surface area contributed by atoms with Gasteiger partial charge in [0.25, 0.3) is 0 Å². The molecule has 0 bridgehead atoms. The number of fused-ring (bicyclic) bond motifs is 2. The Labute approximate surface area is 234 Å². The zero-order valence-electron chi connectivity index (χ0n) is 22.6. The average molecular weight is 513 g/mol. The maximum atomic E-state index is 4.23. The maximum Gasteiger partial charge on any atom is 0.0273 e. The van der Waals surface area contributed by atoms with Crippen LogP contribution < -0.4 is 0 Å². The van der Waals surface area contributed by atoms with Gasteiger partial charge in [-0.25, -0.2) is 0 Å². The van der Waals surface area contributed by atoms with E-state index in [-0.39, 0.29) is 0 Å². The number of hydrogen-bond acceptors (Lipinski definition) is 2. The SMILES string of the molecule is Cc1c(-c2ccncc2)cccc1-c1c2ccccc2c(-c2cccc(-c3ccncc3)c2C)c2ccccc12. The lowest BCUT2D eigenvalue weighted by molar-refractivity contribution is 1.32. The summed E-state index contributed by atoms with van der Waals surface area (Å²) < 4.78 is 0. The number of rotatable bonds is 4. The minimum absolute atomic E-state index is 1.18. The van der Waals surface area contributed by atoms with Crippen molar-refractivity contribution < 1.29 is 0 Å². The molecule has 190 valence electrons. The van der Waals surface area contributed by atoms with E-state index in [1.165, 1.54) is 77.2 Å². The fourth-order valence-electron chi connectivity index (χ4n) is 6.21. The fourth-order valence-corrected chi connectivity index (χ4v) is 6.21. The molecule has 0 fully saturated rings. The van der Waals surface area contributed by atoms with Gasteiger partial charge in [-0.3, -0.25) is 9.97 Å². The summed E-state index contributed by atoms with van der Waals surface area (Å²) >= 11 is 0. The van der Waals surface area contributed by atoms with Crippen molar-refractivity contribution in [2.45, 2.75) is 13.8 Å². The summed E-state index contributed by atoms with van der Waals surface area (Å²) in [6.07, 6.45) is 7.46. The molecule has 7 rings (SSSR count). The van der Waals surface area contributed by atoms with Crippen LogP contribution in [0.2, 0.25) is 0 Å². The van der Waals surface area contributed by atoms with Crippen molar-refractivity contribution in [3.63, 3.8) is 0 Å². The average Bonchev–Trinajstić information content (AvgIpc) is 3.01. The van der Waals surface area contributed by atoms with Crippen molar-refractivity contribution >= 4 is 21.5 Å². The largest absolute Gasteiger partial charge is 0.265 e. The molecule has 0 saturated heterocycles. The molecule has 2 heteroatoms. The lowest BCUT2D eigenvalue weighted by atomic mass is 9.82. The van der Waals surface area contributed by atoms with Gasteiger partial charge in [0.2, 0.25) is 0 Å². The van der Waals surface area contributed by atoms with Crippen LogP contribution in [0.25, 0.3) is 66.1 Å². The molecule has 0 N–H and O–H groups in total. The molecule has 0 spiro atoms. The first-order valence-corrected chi connectivity index (χ1v) is 13.7. The minimum Gasteiger partial charge on any atom is -0.265 e. The van der Waals surface area contributed by atoms with Gasteiger partial charge in [-0.2, -0.15) is 0 Å². The van der Waals surface area contributed by atoms with Crippen molar-refractivity contribution in [1.82, 2.24) is 9.97 Å². The Morgan fingerprint density at radius 3 is 1.02 bits per heavy atom. The van der Waals surface area contributed by atoms with E-state index in [1.807, 2.05) is 24.8 Å². The molecule has 0 saturated carbocycles. The van der Waals surface area contributed by atoms with E-state index in [4.69, 9.17) is 0 Å². The van der Waals surface area contributed by atoms with Crippen LogP contribution in [0.1, 0.15) is 11.1 Å². The van der Waals surface area contributed by atoms with Crippen molar-refractivity contribution in [3.8, 4) is 44.5 Å². The Kier molecular flexibility index (Phi) is 5.94. The predicted octanol–water partition coefficient (Wildman–Crippen LogP) is 10.1. The normalized spacial score (nSPS) is 11.2. The first-order chi connectivity index (χ1) is 19.7. The number of nitrogens with zero attached hydrogens (tertiary/aromatic N) is 2. The Bertz CT molecular complexity index is 1800. The van der Waals surface area contributed by atoms with Gasteiger partial charge in [-0.1, -0.05) is 84.9 Å². The van der Waals surface area contributed by atoms with Crippen LogP contribution in [0.5, 0.6) is 0 Å². The molecule has 0 atom stereocenters. The highest BCUT2D eigenvalue weighted by Gasteiger charge is 2.20. The van der Waals surface area contributed by atoms with Gasteiger partial charge in [0.15, 0.2) is 0 Å². The van der Waals surface area contributed by atoms with Crippen LogP contribution in [0, 0.1) is 13.8 Å². The topological polar surface area (TPSA) is 25.8 Å². The Balaban J connectivity index is 1.56. The van der Waals surface area contributed by atoms with Crippen molar-refractivity contribution in [1.29, 1.82) is 0 Å². The maximum absolute atomic E-state index is 4.23. The summed E-state index contributed by atoms with van der Waals surface area (Å²) in [4.78, 5) is 8.46. The molecule has 7 aromatic rings. The van der Waals surface area contributed by atoms with E-state index in [1.54, 1.807) is 0 Å². The molecule has 2 heterocycles.